The van der Waals surface area contributed by atoms with Crippen molar-refractivity contribution in [1.82, 2.24) is 0 Å². The van der Waals surface area contributed by atoms with Gasteiger partial charge in [-0.25, -0.2) is 0 Å². The topological polar surface area (TPSA) is 0 Å². The van der Waals surface area contributed by atoms with Crippen LogP contribution in [-0.4, -0.2) is 12.3 Å². The van der Waals surface area contributed by atoms with Crippen LogP contribution < -0.4 is 37.1 Å². The van der Waals surface area contributed by atoms with E-state index in [2.05, 4.69) is 212 Å². The first-order chi connectivity index (χ1) is 23.4. The Bertz CT molecular complexity index is 1600. The predicted octanol–water partition coefficient (Wildman–Crippen LogP) is 8.69. The normalized spacial score (nSPS) is 10.6. The molecule has 0 aliphatic carbocycles. The Morgan fingerprint density at radius 3 is 0.583 bits per heavy atom. The van der Waals surface area contributed by atoms with Gasteiger partial charge in [-0.2, -0.15) is 0 Å². The van der Waals surface area contributed by atoms with Crippen molar-refractivity contribution in [3.05, 3.63) is 212 Å². The van der Waals surface area contributed by atoms with Crippen molar-refractivity contribution in [2.45, 2.75) is 0 Å². The van der Waals surface area contributed by atoms with Crippen LogP contribution in [0.5, 0.6) is 0 Å². The van der Waals surface area contributed by atoms with E-state index in [1.807, 2.05) is 0 Å². The summed E-state index contributed by atoms with van der Waals surface area (Å²) in [5.74, 6) is 0. The third kappa shape index (κ3) is 10.0. The van der Waals surface area contributed by atoms with Crippen molar-refractivity contribution < 1.29 is 20.4 Å². The monoisotopic (exact) mass is 766 g/mol. The van der Waals surface area contributed by atoms with Gasteiger partial charge in [-0.3, -0.25) is 0 Å². The molecule has 0 bridgehead atoms. The summed E-state index contributed by atoms with van der Waals surface area (Å²) in [6.07, 6.45) is 2.41. The average Bonchev–Trinajstić information content (AvgIpc) is 3.17. The summed E-state index contributed by atoms with van der Waals surface area (Å²) >= 11 is 0. The molecule has 0 aliphatic heterocycles. The molecule has 7 aromatic carbocycles. The summed E-state index contributed by atoms with van der Waals surface area (Å²) in [4.78, 5) is 0. The molecule has 0 N–H and O–H groups in total. The third-order valence-electron chi connectivity index (χ3n) is 7.86. The van der Waals surface area contributed by atoms with Crippen LogP contribution in [0.25, 0.3) is 0 Å². The van der Waals surface area contributed by atoms with Gasteiger partial charge in [0.1, 0.15) is 0 Å². The van der Waals surface area contributed by atoms with Crippen molar-refractivity contribution in [1.29, 1.82) is 0 Å². The van der Waals surface area contributed by atoms with E-state index in [-0.39, 0.29) is 36.3 Å². The Hall–Kier alpha value is -3.51. The summed E-state index contributed by atoms with van der Waals surface area (Å²) in [6.45, 7) is 0. The molecule has 0 fully saturated rings. The summed E-state index contributed by atoms with van der Waals surface area (Å²) in [6, 6.07) is 76.5. The molecule has 240 valence electrons. The molecule has 0 saturated heterocycles. The maximum atomic E-state index is 2.30. The second-order valence-electron chi connectivity index (χ2n) is 11.0. The van der Waals surface area contributed by atoms with E-state index in [1.165, 1.54) is 49.5 Å². The zero-order valence-corrected chi connectivity index (χ0v) is 31.0. The van der Waals surface area contributed by atoms with E-state index in [1.54, 1.807) is 0 Å². The van der Waals surface area contributed by atoms with Gasteiger partial charge in [-0.15, -0.1) is 0 Å². The van der Waals surface area contributed by atoms with Crippen molar-refractivity contribution in [3.8, 4) is 0 Å². The molecular formula is C44H39P3Pd. The van der Waals surface area contributed by atoms with Crippen molar-refractivity contribution in [2.24, 2.45) is 0 Å². The Kier molecular flexibility index (Phi) is 14.5. The van der Waals surface area contributed by atoms with Gasteiger partial charge in [0, 0.05) is 20.4 Å². The van der Waals surface area contributed by atoms with Crippen LogP contribution in [0, 0.1) is 0 Å². The number of rotatable bonds is 10. The molecule has 0 atom stereocenters. The second-order valence-corrected chi connectivity index (χ2v) is 17.9. The summed E-state index contributed by atoms with van der Waals surface area (Å²) in [5, 5.41) is 10.1. The van der Waals surface area contributed by atoms with Crippen LogP contribution in [0.1, 0.15) is 0 Å². The maximum absolute atomic E-state index is 2.30. The van der Waals surface area contributed by atoms with Gasteiger partial charge in [0.15, 0.2) is 0 Å². The Balaban J connectivity index is 0.000000197. The fourth-order valence-corrected chi connectivity index (χ4v) is 13.3. The molecule has 0 unspecified atom stereocenters. The molecule has 0 nitrogen and oxygen atoms in total. The van der Waals surface area contributed by atoms with Gasteiger partial charge in [0.25, 0.3) is 0 Å². The molecule has 0 heterocycles. The fraction of sp³-hybridized carbons (Fsp3) is 0.0455. The van der Waals surface area contributed by atoms with Crippen LogP contribution in [0.4, 0.5) is 0 Å². The molecule has 0 amide bonds. The number of hydrogen-bond acceptors (Lipinski definition) is 0. The van der Waals surface area contributed by atoms with Crippen molar-refractivity contribution in [3.63, 3.8) is 0 Å². The quantitative estimate of drug-likeness (QED) is 0.0966. The minimum atomic E-state index is -0.446. The van der Waals surface area contributed by atoms with Gasteiger partial charge >= 0.3 is 0 Å². The molecule has 7 aromatic rings. The molecule has 0 aromatic heterocycles. The standard InChI is InChI=1S/C26H24P2.C18H15P.Pd/c1-5-13-23(14-6-1)27(24-15-7-2-8-16-24)21-22-28(25-17-9-3-10-18-25)26-19-11-4-12-20-26;1-4-10-16(11-5-1)19(17-12-6-2-7-13-17)18-14-8-3-9-15-18;/h1-20H,21-22H2;1-15H;. The first-order valence-electron chi connectivity index (χ1n) is 16.1. The zero-order chi connectivity index (χ0) is 31.9. The van der Waals surface area contributed by atoms with Crippen LogP contribution >= 0.6 is 23.8 Å². The van der Waals surface area contributed by atoms with Crippen molar-refractivity contribution >= 4 is 60.9 Å². The average molecular weight is 767 g/mol. The van der Waals surface area contributed by atoms with E-state index >= 15 is 0 Å². The van der Waals surface area contributed by atoms with Gasteiger partial charge in [0.2, 0.25) is 0 Å². The van der Waals surface area contributed by atoms with Gasteiger partial charge in [-0.1, -0.05) is 212 Å². The summed E-state index contributed by atoms with van der Waals surface area (Å²) in [5.41, 5.74) is 0. The molecule has 0 aliphatic rings. The number of hydrogen-bond donors (Lipinski definition) is 0. The Labute approximate surface area is 304 Å². The predicted molar refractivity (Wildman–Crippen MR) is 213 cm³/mol. The summed E-state index contributed by atoms with van der Waals surface area (Å²) in [7, 11) is -1.14. The fourth-order valence-electron chi connectivity index (χ4n) is 5.62. The van der Waals surface area contributed by atoms with Crippen LogP contribution in [0.15, 0.2) is 212 Å². The molecule has 48 heavy (non-hydrogen) atoms. The molecule has 7 rings (SSSR count). The SMILES string of the molecule is [Pd].c1ccc(P(CCP(c2ccccc2)c2ccccc2)c2ccccc2)cc1.c1ccc(P(c2ccccc2)c2ccccc2)cc1. The molecule has 0 spiro atoms. The Morgan fingerprint density at radius 2 is 0.396 bits per heavy atom. The van der Waals surface area contributed by atoms with Crippen LogP contribution in [0.2, 0.25) is 0 Å². The van der Waals surface area contributed by atoms with Gasteiger partial charge in [-0.05, 0) is 73.2 Å². The zero-order valence-electron chi connectivity index (χ0n) is 26.8. The second kappa shape index (κ2) is 19.5. The molecule has 4 heteroatoms. The summed E-state index contributed by atoms with van der Waals surface area (Å²) < 4.78 is 0. The molecule has 0 radical (unpaired) electrons. The molecular weight excluding hydrogens is 728 g/mol. The first kappa shape index (κ1) is 35.8. The smallest absolute Gasteiger partial charge is 0 e. The number of benzene rings is 7. The third-order valence-corrected chi connectivity index (χ3v) is 15.7. The van der Waals surface area contributed by atoms with E-state index in [0.717, 1.165) is 0 Å². The minimum absolute atomic E-state index is 0. The maximum Gasteiger partial charge on any atom is 0 e. The van der Waals surface area contributed by atoms with E-state index in [9.17, 15) is 0 Å². The van der Waals surface area contributed by atoms with Crippen molar-refractivity contribution in [2.75, 3.05) is 12.3 Å². The van der Waals surface area contributed by atoms with E-state index in [0.29, 0.717) is 0 Å². The van der Waals surface area contributed by atoms with Crippen LogP contribution in [-0.2, 0) is 20.4 Å². The largest absolute Gasteiger partial charge is 0.0622 e. The van der Waals surface area contributed by atoms with E-state index in [4.69, 9.17) is 0 Å². The van der Waals surface area contributed by atoms with E-state index < -0.39 is 7.92 Å². The van der Waals surface area contributed by atoms with Gasteiger partial charge < -0.3 is 0 Å². The van der Waals surface area contributed by atoms with Gasteiger partial charge in [0.05, 0.1) is 0 Å². The first-order valence-corrected chi connectivity index (χ1v) is 20.5. The Morgan fingerprint density at radius 1 is 0.229 bits per heavy atom. The molecule has 0 saturated carbocycles. The van der Waals surface area contributed by atoms with Crippen LogP contribution in [0.3, 0.4) is 0 Å². The minimum Gasteiger partial charge on any atom is -0.0622 e.